The van der Waals surface area contributed by atoms with Gasteiger partial charge in [0.1, 0.15) is 0 Å². The number of pyridine rings is 1. The summed E-state index contributed by atoms with van der Waals surface area (Å²) in [7, 11) is 1.64. The Morgan fingerprint density at radius 3 is 2.89 bits per heavy atom. The molecule has 2 heterocycles. The quantitative estimate of drug-likeness (QED) is 0.928. The fraction of sp³-hybridized carbons (Fsp3) is 0.583. The number of likely N-dealkylation sites (N-methyl/N-ethyl adjacent to an activating group) is 1. The number of halogens is 3. The number of hydrogen-bond donors (Lipinski definition) is 1. The largest absolute Gasteiger partial charge is 0.416 e. The fourth-order valence-electron chi connectivity index (χ4n) is 2.15. The fourth-order valence-corrected chi connectivity index (χ4v) is 3.05. The van der Waals surface area contributed by atoms with Gasteiger partial charge in [0.05, 0.1) is 24.3 Å². The highest BCUT2D eigenvalue weighted by molar-refractivity contribution is 7.99. The van der Waals surface area contributed by atoms with Crippen molar-refractivity contribution in [2.75, 3.05) is 25.2 Å². The average Bonchev–Trinajstić information content (AvgIpc) is 2.40. The number of nitrogens with zero attached hydrogens (tertiary/aromatic N) is 1. The number of thioether (sulfide) groups is 1. The third-order valence-corrected chi connectivity index (χ3v) is 4.04. The highest BCUT2D eigenvalue weighted by Gasteiger charge is 2.37. The van der Waals surface area contributed by atoms with Crippen molar-refractivity contribution in [2.45, 2.75) is 18.3 Å². The summed E-state index contributed by atoms with van der Waals surface area (Å²) in [4.78, 5) is 3.82. The van der Waals surface area contributed by atoms with Crippen LogP contribution in [0.2, 0.25) is 0 Å². The summed E-state index contributed by atoms with van der Waals surface area (Å²) in [6.07, 6.45) is -2.22. The molecule has 0 bridgehead atoms. The number of rotatable bonds is 3. The number of ether oxygens (including phenoxy) is 1. The van der Waals surface area contributed by atoms with Crippen LogP contribution in [0, 0.1) is 0 Å². The van der Waals surface area contributed by atoms with Crippen molar-refractivity contribution in [3.63, 3.8) is 0 Å². The molecule has 106 valence electrons. The van der Waals surface area contributed by atoms with Crippen LogP contribution < -0.4 is 5.32 Å². The number of aromatic nitrogens is 1. The van der Waals surface area contributed by atoms with Crippen molar-refractivity contribution in [3.8, 4) is 0 Å². The first-order valence-electron chi connectivity index (χ1n) is 5.91. The Bertz CT molecular complexity index is 422. The van der Waals surface area contributed by atoms with Crippen molar-refractivity contribution in [2.24, 2.45) is 0 Å². The summed E-state index contributed by atoms with van der Waals surface area (Å²) >= 11 is 1.69. The van der Waals surface area contributed by atoms with Gasteiger partial charge in [0.15, 0.2) is 0 Å². The number of hydrogen-bond acceptors (Lipinski definition) is 4. The van der Waals surface area contributed by atoms with E-state index in [0.29, 0.717) is 12.4 Å². The maximum atomic E-state index is 13.0. The Kier molecular flexibility index (Phi) is 4.70. The lowest BCUT2D eigenvalue weighted by atomic mass is 9.98. The van der Waals surface area contributed by atoms with E-state index in [1.54, 1.807) is 18.8 Å². The highest BCUT2D eigenvalue weighted by Crippen LogP contribution is 2.36. The van der Waals surface area contributed by atoms with E-state index in [0.717, 1.165) is 18.0 Å². The van der Waals surface area contributed by atoms with Gasteiger partial charge in [-0.15, -0.1) is 0 Å². The summed E-state index contributed by atoms with van der Waals surface area (Å²) in [5, 5.41) is 2.92. The van der Waals surface area contributed by atoms with Gasteiger partial charge in [-0.1, -0.05) is 0 Å². The molecule has 7 heteroatoms. The second-order valence-electron chi connectivity index (χ2n) is 4.21. The Balaban J connectivity index is 2.32. The summed E-state index contributed by atoms with van der Waals surface area (Å²) in [5.74, 6) is 1.56. The predicted octanol–water partition coefficient (Wildman–Crippen LogP) is 2.49. The molecule has 2 unspecified atom stereocenters. The molecule has 1 fully saturated rings. The summed E-state index contributed by atoms with van der Waals surface area (Å²) < 4.78 is 44.6. The molecule has 2 rings (SSSR count). The smallest absolute Gasteiger partial charge is 0.375 e. The van der Waals surface area contributed by atoms with Crippen LogP contribution in [0.15, 0.2) is 18.5 Å². The van der Waals surface area contributed by atoms with Crippen LogP contribution in [-0.4, -0.2) is 36.2 Å². The molecule has 0 aliphatic carbocycles. The lowest BCUT2D eigenvalue weighted by molar-refractivity contribution is -0.138. The van der Waals surface area contributed by atoms with Gasteiger partial charge in [-0.05, 0) is 13.1 Å². The maximum Gasteiger partial charge on any atom is 0.416 e. The summed E-state index contributed by atoms with van der Waals surface area (Å²) in [5.41, 5.74) is -0.508. The lowest BCUT2D eigenvalue weighted by Crippen LogP contribution is -2.37. The molecule has 0 saturated carbocycles. The molecule has 1 aromatic heterocycles. The van der Waals surface area contributed by atoms with Gasteiger partial charge in [0, 0.05) is 29.5 Å². The molecule has 3 nitrogen and oxygen atoms in total. The molecule has 0 radical (unpaired) electrons. The maximum absolute atomic E-state index is 13.0. The molecule has 0 spiro atoms. The van der Waals surface area contributed by atoms with Crippen LogP contribution in [0.25, 0.3) is 0 Å². The second kappa shape index (κ2) is 6.11. The van der Waals surface area contributed by atoms with Crippen molar-refractivity contribution in [3.05, 3.63) is 29.6 Å². The van der Waals surface area contributed by atoms with E-state index in [4.69, 9.17) is 4.74 Å². The van der Waals surface area contributed by atoms with E-state index in [1.165, 1.54) is 6.20 Å². The van der Waals surface area contributed by atoms with Gasteiger partial charge < -0.3 is 10.1 Å². The van der Waals surface area contributed by atoms with Crippen LogP contribution in [0.4, 0.5) is 13.2 Å². The van der Waals surface area contributed by atoms with Crippen LogP contribution in [0.5, 0.6) is 0 Å². The monoisotopic (exact) mass is 292 g/mol. The van der Waals surface area contributed by atoms with Gasteiger partial charge in [-0.3, -0.25) is 4.98 Å². The Labute approximate surface area is 113 Å². The first-order valence-corrected chi connectivity index (χ1v) is 7.07. The molecule has 1 aromatic rings. The van der Waals surface area contributed by atoms with Crippen molar-refractivity contribution in [1.82, 2.24) is 10.3 Å². The standard InChI is InChI=1S/C12H15F3N2OS/c1-16-11(10-7-19-5-4-18-10)8-6-17-3-2-9(8)12(13,14)15/h2-3,6,10-11,16H,4-5,7H2,1H3. The van der Waals surface area contributed by atoms with E-state index >= 15 is 0 Å². The zero-order chi connectivity index (χ0) is 13.9. The molecule has 0 aromatic carbocycles. The molecule has 2 atom stereocenters. The molecule has 1 N–H and O–H groups in total. The Morgan fingerprint density at radius 2 is 2.32 bits per heavy atom. The van der Waals surface area contributed by atoms with Crippen LogP contribution in [0.3, 0.4) is 0 Å². The average molecular weight is 292 g/mol. The third kappa shape index (κ3) is 3.40. The van der Waals surface area contributed by atoms with Crippen molar-refractivity contribution < 1.29 is 17.9 Å². The number of nitrogens with one attached hydrogen (secondary N) is 1. The zero-order valence-electron chi connectivity index (χ0n) is 10.4. The van der Waals surface area contributed by atoms with Gasteiger partial charge in [-0.2, -0.15) is 24.9 Å². The lowest BCUT2D eigenvalue weighted by Gasteiger charge is -2.31. The molecule has 19 heavy (non-hydrogen) atoms. The minimum Gasteiger partial charge on any atom is -0.375 e. The first-order chi connectivity index (χ1) is 9.04. The van der Waals surface area contributed by atoms with Gasteiger partial charge >= 0.3 is 6.18 Å². The van der Waals surface area contributed by atoms with Crippen molar-refractivity contribution >= 4 is 11.8 Å². The van der Waals surface area contributed by atoms with Gasteiger partial charge in [-0.25, -0.2) is 0 Å². The molecule has 0 amide bonds. The minimum atomic E-state index is -4.38. The van der Waals surface area contributed by atoms with E-state index in [9.17, 15) is 13.2 Å². The molecular formula is C12H15F3N2OS. The van der Waals surface area contributed by atoms with Crippen LogP contribution in [-0.2, 0) is 10.9 Å². The van der Waals surface area contributed by atoms with Crippen LogP contribution in [0.1, 0.15) is 17.2 Å². The summed E-state index contributed by atoms with van der Waals surface area (Å²) in [6.45, 7) is 0.565. The summed E-state index contributed by atoms with van der Waals surface area (Å²) in [6, 6.07) is 0.508. The van der Waals surface area contributed by atoms with E-state index in [-0.39, 0.29) is 11.7 Å². The Hall–Kier alpha value is -0.790. The van der Waals surface area contributed by atoms with E-state index in [2.05, 4.69) is 10.3 Å². The second-order valence-corrected chi connectivity index (χ2v) is 5.36. The molecule has 1 aliphatic heterocycles. The first kappa shape index (κ1) is 14.6. The molecule has 1 saturated heterocycles. The molecule has 1 aliphatic rings. The zero-order valence-corrected chi connectivity index (χ0v) is 11.2. The molecular weight excluding hydrogens is 277 g/mol. The third-order valence-electron chi connectivity index (χ3n) is 3.02. The predicted molar refractivity (Wildman–Crippen MR) is 68.1 cm³/mol. The van der Waals surface area contributed by atoms with Gasteiger partial charge in [0.25, 0.3) is 0 Å². The number of alkyl halides is 3. The van der Waals surface area contributed by atoms with Crippen molar-refractivity contribution in [1.29, 1.82) is 0 Å². The SMILES string of the molecule is CNC(c1cnccc1C(F)(F)F)C1CSCCO1. The van der Waals surface area contributed by atoms with Gasteiger partial charge in [0.2, 0.25) is 0 Å². The van der Waals surface area contributed by atoms with Crippen LogP contribution >= 0.6 is 11.8 Å². The van der Waals surface area contributed by atoms with E-state index in [1.807, 2.05) is 0 Å². The highest BCUT2D eigenvalue weighted by atomic mass is 32.2. The van der Waals surface area contributed by atoms with E-state index < -0.39 is 17.8 Å². The normalized spacial score (nSPS) is 22.2. The minimum absolute atomic E-state index is 0.144. The topological polar surface area (TPSA) is 34.2 Å². The Morgan fingerprint density at radius 1 is 1.53 bits per heavy atom.